The van der Waals surface area contributed by atoms with E-state index in [0.717, 1.165) is 0 Å². The molecule has 2 aromatic rings. The largest absolute Gasteiger partial charge is 0.507 e. The molecule has 5 aliphatic rings. The number of aliphatic hydroxyl groups excluding tert-OH is 3. The zero-order valence-electron chi connectivity index (χ0n) is 28.5. The summed E-state index contributed by atoms with van der Waals surface area (Å²) in [6.45, 7) is 4.87. The van der Waals surface area contributed by atoms with Crippen molar-refractivity contribution in [2.45, 2.75) is 106 Å². The normalized spacial score (nSPS) is 38.1. The molecule has 3 aliphatic heterocycles. The molecule has 7 unspecified atom stereocenters. The molecule has 0 radical (unpaired) electrons. The SMILES string of the molecule is C[C@@H]1O[C@@H](OC2CC(C)(O)Cc3c(O)c4c(c(O)c32)C(=O)c2ccc3c(c2C4=O)OC2OC3(C)C(O)C(N(C)C)C2O)C[C@H](N(C)C)[C@@H]1O. The second kappa shape index (κ2) is 11.4. The first kappa shape index (κ1) is 34.3. The molecule has 2 aromatic carbocycles. The molecule has 0 saturated carbocycles. The van der Waals surface area contributed by atoms with Crippen LogP contribution in [-0.4, -0.2) is 135 Å². The van der Waals surface area contributed by atoms with Gasteiger partial charge in [0.2, 0.25) is 12.1 Å². The van der Waals surface area contributed by atoms with E-state index in [4.69, 9.17) is 18.9 Å². The average Bonchev–Trinajstić information content (AvgIpc) is 3.01. The highest BCUT2D eigenvalue weighted by atomic mass is 16.7. The molecule has 0 spiro atoms. The monoisotopic (exact) mass is 684 g/mol. The van der Waals surface area contributed by atoms with Gasteiger partial charge in [-0.25, -0.2) is 0 Å². The summed E-state index contributed by atoms with van der Waals surface area (Å²) in [5, 5.41) is 68.1. The molecule has 11 atom stereocenters. The topological polar surface area (TPSA) is 199 Å². The summed E-state index contributed by atoms with van der Waals surface area (Å²) in [4.78, 5) is 32.2. The number of hydrogen-bond donors (Lipinski definition) is 6. The maximum Gasteiger partial charge on any atom is 0.228 e. The highest BCUT2D eigenvalue weighted by Gasteiger charge is 2.59. The first-order valence-corrected chi connectivity index (χ1v) is 16.5. The molecular formula is C35H44N2O12. The minimum Gasteiger partial charge on any atom is -0.507 e. The number of hydrogen-bond acceptors (Lipinski definition) is 14. The highest BCUT2D eigenvalue weighted by molar-refractivity contribution is 6.31. The van der Waals surface area contributed by atoms with Gasteiger partial charge in [0.25, 0.3) is 0 Å². The van der Waals surface area contributed by atoms with Crippen LogP contribution < -0.4 is 4.74 Å². The third-order valence-electron chi connectivity index (χ3n) is 11.1. The average molecular weight is 685 g/mol. The third-order valence-corrected chi connectivity index (χ3v) is 11.1. The van der Waals surface area contributed by atoms with Crippen LogP contribution in [-0.2, 0) is 26.2 Å². The first-order chi connectivity index (χ1) is 22.9. The Labute approximate surface area is 283 Å². The van der Waals surface area contributed by atoms with Crippen molar-refractivity contribution in [3.63, 3.8) is 0 Å². The second-order valence-electron chi connectivity index (χ2n) is 15.0. The third kappa shape index (κ3) is 4.95. The predicted molar refractivity (Wildman–Crippen MR) is 171 cm³/mol. The molecule has 14 heteroatoms. The van der Waals surface area contributed by atoms with Gasteiger partial charge in [-0.3, -0.25) is 9.59 Å². The van der Waals surface area contributed by atoms with Crippen molar-refractivity contribution in [1.82, 2.24) is 9.80 Å². The van der Waals surface area contributed by atoms with Crippen LogP contribution in [0.5, 0.6) is 17.2 Å². The maximum atomic E-state index is 14.5. The van der Waals surface area contributed by atoms with Gasteiger partial charge in [-0.2, -0.15) is 0 Å². The maximum absolute atomic E-state index is 14.5. The van der Waals surface area contributed by atoms with Crippen LogP contribution in [0.4, 0.5) is 0 Å². The van der Waals surface area contributed by atoms with Crippen molar-refractivity contribution in [2.75, 3.05) is 28.2 Å². The number of ether oxygens (including phenoxy) is 4. The fraction of sp³-hybridized carbons (Fsp3) is 0.600. The quantitative estimate of drug-likeness (QED) is 0.210. The summed E-state index contributed by atoms with van der Waals surface area (Å²) in [5.41, 5.74) is -3.64. The number of rotatable bonds is 4. The number of likely N-dealkylation sites (N-methyl/N-ethyl adjacent to an activating group) is 2. The Kier molecular flexibility index (Phi) is 7.99. The van der Waals surface area contributed by atoms with Crippen molar-refractivity contribution in [3.05, 3.63) is 51.1 Å². The van der Waals surface area contributed by atoms with Gasteiger partial charge in [0.05, 0.1) is 46.6 Å². The van der Waals surface area contributed by atoms with E-state index >= 15 is 0 Å². The van der Waals surface area contributed by atoms with Gasteiger partial charge in [-0.05, 0) is 55.0 Å². The van der Waals surface area contributed by atoms with E-state index in [9.17, 15) is 40.2 Å². The number of aromatic hydroxyl groups is 2. The van der Waals surface area contributed by atoms with E-state index in [-0.39, 0.29) is 58.9 Å². The molecule has 2 saturated heterocycles. The Morgan fingerprint density at radius 2 is 1.59 bits per heavy atom. The van der Waals surface area contributed by atoms with Gasteiger partial charge in [0.1, 0.15) is 35.1 Å². The lowest BCUT2D eigenvalue weighted by atomic mass is 9.72. The molecular weight excluding hydrogens is 640 g/mol. The molecule has 2 fully saturated rings. The zero-order valence-corrected chi connectivity index (χ0v) is 28.5. The number of phenols is 2. The van der Waals surface area contributed by atoms with Crippen molar-refractivity contribution in [2.24, 2.45) is 0 Å². The van der Waals surface area contributed by atoms with Gasteiger partial charge in [-0.1, -0.05) is 6.07 Å². The van der Waals surface area contributed by atoms with Crippen molar-refractivity contribution in [1.29, 1.82) is 0 Å². The van der Waals surface area contributed by atoms with E-state index in [1.165, 1.54) is 12.1 Å². The van der Waals surface area contributed by atoms with Crippen LogP contribution in [0.3, 0.4) is 0 Å². The molecule has 14 nitrogen and oxygen atoms in total. The van der Waals surface area contributed by atoms with E-state index in [2.05, 4.69) is 0 Å². The fourth-order valence-corrected chi connectivity index (χ4v) is 8.49. The summed E-state index contributed by atoms with van der Waals surface area (Å²) in [6, 6.07) is 1.83. The summed E-state index contributed by atoms with van der Waals surface area (Å²) >= 11 is 0. The Bertz CT molecular complexity index is 1740. The van der Waals surface area contributed by atoms with Gasteiger partial charge >= 0.3 is 0 Å². The molecule has 3 heterocycles. The smallest absolute Gasteiger partial charge is 0.228 e. The van der Waals surface area contributed by atoms with Gasteiger partial charge in [0.15, 0.2) is 12.1 Å². The highest BCUT2D eigenvalue weighted by Crippen LogP contribution is 2.55. The molecule has 6 N–H and O–H groups in total. The Hall–Kier alpha value is -3.18. The summed E-state index contributed by atoms with van der Waals surface area (Å²) in [7, 11) is 7.05. The van der Waals surface area contributed by atoms with Gasteiger partial charge in [-0.15, -0.1) is 0 Å². The number of benzene rings is 2. The second-order valence-corrected chi connectivity index (χ2v) is 15.0. The molecule has 266 valence electrons. The number of carbonyl (C=O) groups excluding carboxylic acids is 2. The summed E-state index contributed by atoms with van der Waals surface area (Å²) < 4.78 is 24.4. The number of nitrogens with zero attached hydrogens (tertiary/aromatic N) is 2. The summed E-state index contributed by atoms with van der Waals surface area (Å²) in [6.07, 6.45) is -7.07. The van der Waals surface area contributed by atoms with Crippen LogP contribution in [0, 0.1) is 0 Å². The van der Waals surface area contributed by atoms with Crippen LogP contribution >= 0.6 is 0 Å². The van der Waals surface area contributed by atoms with Gasteiger partial charge in [0, 0.05) is 47.6 Å². The Balaban J connectivity index is 1.33. The molecule has 0 aromatic heterocycles. The number of phenolic OH excluding ortho intramolecular Hbond substituents is 2. The lowest BCUT2D eigenvalue weighted by Gasteiger charge is -2.53. The molecule has 2 bridgehead atoms. The minimum absolute atomic E-state index is 0.0200. The van der Waals surface area contributed by atoms with Crippen LogP contribution in [0.15, 0.2) is 12.1 Å². The van der Waals surface area contributed by atoms with E-state index in [1.807, 2.05) is 19.0 Å². The molecule has 7 rings (SSSR count). The summed E-state index contributed by atoms with van der Waals surface area (Å²) in [5.74, 6) is -2.77. The molecule has 49 heavy (non-hydrogen) atoms. The van der Waals surface area contributed by atoms with Crippen molar-refractivity contribution >= 4 is 11.6 Å². The lowest BCUT2D eigenvalue weighted by molar-refractivity contribution is -0.311. The standard InChI is InChI=1S/C35H44N2O12/c1-13-25(38)17(36(4)5)10-19(46-13)47-18-12-34(2,45)11-15-20(18)28(41)22-23(27(15)40)29(42)21-14(26(22)39)8-9-16-31(21)48-33-30(43)24(37(6)7)32(44)35(16,3)49-33/h8-9,13,17-19,24-25,30,32-33,38,40-41,43-45H,10-12H2,1-7H3/t13-,17-,18?,19-,24?,25+,30?,32?,33?,34?,35?/m0/s1. The van der Waals surface area contributed by atoms with Crippen molar-refractivity contribution in [3.8, 4) is 17.2 Å². The van der Waals surface area contributed by atoms with E-state index < -0.39 is 94.5 Å². The lowest BCUT2D eigenvalue weighted by Crippen LogP contribution is -2.68. The minimum atomic E-state index is -1.45. The Morgan fingerprint density at radius 3 is 2.24 bits per heavy atom. The van der Waals surface area contributed by atoms with Crippen molar-refractivity contribution < 1.29 is 59.2 Å². The number of ketones is 2. The first-order valence-electron chi connectivity index (χ1n) is 16.5. The molecule has 2 aliphatic carbocycles. The number of carbonyl (C=O) groups is 2. The number of aliphatic hydroxyl groups is 4. The van der Waals surface area contributed by atoms with Crippen LogP contribution in [0.2, 0.25) is 0 Å². The van der Waals surface area contributed by atoms with Gasteiger partial charge < -0.3 is 59.4 Å². The fourth-order valence-electron chi connectivity index (χ4n) is 8.49. The molecule has 0 amide bonds. The predicted octanol–water partition coefficient (Wildman–Crippen LogP) is 0.670. The number of fused-ring (bicyclic) bond motifs is 8. The zero-order chi connectivity index (χ0) is 35.6. The van der Waals surface area contributed by atoms with Crippen LogP contribution in [0.1, 0.15) is 88.3 Å². The van der Waals surface area contributed by atoms with Crippen LogP contribution in [0.25, 0.3) is 0 Å². The van der Waals surface area contributed by atoms with E-state index in [1.54, 1.807) is 39.8 Å². The van der Waals surface area contributed by atoms with E-state index in [0.29, 0.717) is 0 Å². The Morgan fingerprint density at radius 1 is 0.918 bits per heavy atom.